The lowest BCUT2D eigenvalue weighted by molar-refractivity contribution is 0.640. The van der Waals surface area contributed by atoms with Crippen molar-refractivity contribution in [1.29, 1.82) is 5.26 Å². The smallest absolute Gasteiger partial charge is 0.141 e. The van der Waals surface area contributed by atoms with Crippen LogP contribution in [0.4, 0.5) is 9.39 Å². The first-order valence-corrected chi connectivity index (χ1v) is 4.87. The molecule has 0 aliphatic heterocycles. The zero-order valence-electron chi connectivity index (χ0n) is 7.25. The lowest BCUT2D eigenvalue weighted by Gasteiger charge is -1.96. The first-order valence-electron chi connectivity index (χ1n) is 4.05. The summed E-state index contributed by atoms with van der Waals surface area (Å²) in [6.07, 6.45) is 0.225. The Kier molecular flexibility index (Phi) is 2.10. The number of halogens is 1. The quantitative estimate of drug-likeness (QED) is 0.779. The summed E-state index contributed by atoms with van der Waals surface area (Å²) < 4.78 is 14.0. The Morgan fingerprint density at radius 2 is 2.21 bits per heavy atom. The molecule has 0 radical (unpaired) electrons. The number of nitrogens with zero attached hydrogens (tertiary/aromatic N) is 1. The molecule has 2 rings (SSSR count). The lowest BCUT2D eigenvalue weighted by atomic mass is 10.1. The maximum Gasteiger partial charge on any atom is 0.141 e. The van der Waals surface area contributed by atoms with Crippen LogP contribution in [0.2, 0.25) is 0 Å². The van der Waals surface area contributed by atoms with Gasteiger partial charge in [0.25, 0.3) is 0 Å². The van der Waals surface area contributed by atoms with Crippen molar-refractivity contribution in [2.45, 2.75) is 6.42 Å². The second-order valence-electron chi connectivity index (χ2n) is 2.98. The molecule has 1 aromatic carbocycles. The van der Waals surface area contributed by atoms with Crippen LogP contribution in [-0.4, -0.2) is 0 Å². The number of nitrogen functional groups attached to an aromatic ring is 1. The highest BCUT2D eigenvalue weighted by Gasteiger charge is 2.06. The SMILES string of the molecule is N#CCc1cc(F)c2sc(N)cc2c1. The van der Waals surface area contributed by atoms with E-state index in [0.29, 0.717) is 15.3 Å². The van der Waals surface area contributed by atoms with Crippen LogP contribution in [0.25, 0.3) is 10.1 Å². The van der Waals surface area contributed by atoms with Gasteiger partial charge in [0.1, 0.15) is 5.82 Å². The van der Waals surface area contributed by atoms with E-state index >= 15 is 0 Å². The summed E-state index contributed by atoms with van der Waals surface area (Å²) in [5.74, 6) is -0.297. The highest BCUT2D eigenvalue weighted by molar-refractivity contribution is 7.22. The van der Waals surface area contributed by atoms with Gasteiger partial charge in [0.15, 0.2) is 0 Å². The third kappa shape index (κ3) is 1.42. The molecule has 2 N–H and O–H groups in total. The Morgan fingerprint density at radius 3 is 2.93 bits per heavy atom. The van der Waals surface area contributed by atoms with Crippen molar-refractivity contribution >= 4 is 26.4 Å². The topological polar surface area (TPSA) is 49.8 Å². The van der Waals surface area contributed by atoms with Crippen molar-refractivity contribution in [3.63, 3.8) is 0 Å². The number of rotatable bonds is 1. The van der Waals surface area contributed by atoms with Crippen molar-refractivity contribution in [1.82, 2.24) is 0 Å². The van der Waals surface area contributed by atoms with Gasteiger partial charge in [-0.3, -0.25) is 0 Å². The van der Waals surface area contributed by atoms with Gasteiger partial charge in [0, 0.05) is 0 Å². The standard InChI is InChI=1S/C10H7FN2S/c11-8-4-6(1-2-12)3-7-5-9(13)14-10(7)8/h3-5H,1,13H2. The van der Waals surface area contributed by atoms with Crippen molar-refractivity contribution in [3.8, 4) is 6.07 Å². The molecule has 2 nitrogen and oxygen atoms in total. The van der Waals surface area contributed by atoms with Gasteiger partial charge in [-0.2, -0.15) is 5.26 Å². The van der Waals surface area contributed by atoms with Crippen molar-refractivity contribution in [3.05, 3.63) is 29.6 Å². The molecule has 2 aromatic rings. The third-order valence-electron chi connectivity index (χ3n) is 1.93. The summed E-state index contributed by atoms with van der Waals surface area (Å²) >= 11 is 1.23. The number of benzene rings is 1. The molecular formula is C10H7FN2S. The van der Waals surface area contributed by atoms with Crippen LogP contribution < -0.4 is 5.73 Å². The molecule has 0 fully saturated rings. The number of nitriles is 1. The monoisotopic (exact) mass is 206 g/mol. The van der Waals surface area contributed by atoms with E-state index in [9.17, 15) is 4.39 Å². The molecule has 70 valence electrons. The number of hydrogen-bond acceptors (Lipinski definition) is 3. The third-order valence-corrected chi connectivity index (χ3v) is 2.92. The van der Waals surface area contributed by atoms with E-state index in [2.05, 4.69) is 0 Å². The zero-order valence-corrected chi connectivity index (χ0v) is 8.07. The molecule has 0 spiro atoms. The fourth-order valence-corrected chi connectivity index (χ4v) is 2.20. The first-order chi connectivity index (χ1) is 6.70. The first kappa shape index (κ1) is 8.97. The van der Waals surface area contributed by atoms with Crippen LogP contribution >= 0.6 is 11.3 Å². The molecular weight excluding hydrogens is 199 g/mol. The van der Waals surface area contributed by atoms with E-state index in [-0.39, 0.29) is 12.2 Å². The van der Waals surface area contributed by atoms with Crippen molar-refractivity contribution in [2.24, 2.45) is 0 Å². The van der Waals surface area contributed by atoms with Crippen LogP contribution in [0.5, 0.6) is 0 Å². The Balaban J connectivity index is 2.66. The van der Waals surface area contributed by atoms with Crippen LogP contribution in [-0.2, 0) is 6.42 Å². The normalized spacial score (nSPS) is 10.3. The number of hydrogen-bond donors (Lipinski definition) is 1. The van der Waals surface area contributed by atoms with Gasteiger partial charge in [0.05, 0.1) is 22.2 Å². The van der Waals surface area contributed by atoms with Crippen LogP contribution in [0.1, 0.15) is 5.56 Å². The number of anilines is 1. The van der Waals surface area contributed by atoms with Crippen molar-refractivity contribution in [2.75, 3.05) is 5.73 Å². The molecule has 4 heteroatoms. The number of thiophene rings is 1. The predicted octanol–water partition coefficient (Wildman–Crippen LogP) is 2.69. The van der Waals surface area contributed by atoms with Gasteiger partial charge in [-0.25, -0.2) is 4.39 Å². The minimum Gasteiger partial charge on any atom is -0.391 e. The highest BCUT2D eigenvalue weighted by Crippen LogP contribution is 2.30. The largest absolute Gasteiger partial charge is 0.391 e. The van der Waals surface area contributed by atoms with E-state index in [1.165, 1.54) is 17.4 Å². The molecule has 0 aliphatic rings. The molecule has 0 amide bonds. The summed E-state index contributed by atoms with van der Waals surface area (Å²) in [5, 5.41) is 9.86. The van der Waals surface area contributed by atoms with Gasteiger partial charge in [-0.15, -0.1) is 11.3 Å². The minimum absolute atomic E-state index is 0.225. The van der Waals surface area contributed by atoms with Gasteiger partial charge in [-0.05, 0) is 29.1 Å². The summed E-state index contributed by atoms with van der Waals surface area (Å²) in [6, 6.07) is 6.90. The Morgan fingerprint density at radius 1 is 1.43 bits per heavy atom. The average Bonchev–Trinajstić information content (AvgIpc) is 2.47. The van der Waals surface area contributed by atoms with Gasteiger partial charge in [0.2, 0.25) is 0 Å². The Labute approximate surface area is 84.4 Å². The van der Waals surface area contributed by atoms with Crippen LogP contribution in [0, 0.1) is 17.1 Å². The molecule has 1 heterocycles. The van der Waals surface area contributed by atoms with Crippen LogP contribution in [0.15, 0.2) is 18.2 Å². The lowest BCUT2D eigenvalue weighted by Crippen LogP contribution is -1.83. The Bertz CT molecular complexity index is 525. The minimum atomic E-state index is -0.297. The van der Waals surface area contributed by atoms with E-state index in [4.69, 9.17) is 11.0 Å². The second kappa shape index (κ2) is 3.28. The van der Waals surface area contributed by atoms with Crippen LogP contribution in [0.3, 0.4) is 0 Å². The number of nitrogens with two attached hydrogens (primary N) is 1. The van der Waals surface area contributed by atoms with Gasteiger partial charge < -0.3 is 5.73 Å². The predicted molar refractivity (Wildman–Crippen MR) is 55.5 cm³/mol. The molecule has 0 bridgehead atoms. The molecule has 0 aliphatic carbocycles. The zero-order chi connectivity index (χ0) is 10.1. The van der Waals surface area contributed by atoms with E-state index in [0.717, 1.165) is 5.39 Å². The summed E-state index contributed by atoms with van der Waals surface area (Å²) in [6.45, 7) is 0. The maximum absolute atomic E-state index is 13.4. The molecule has 1 aromatic heterocycles. The fourth-order valence-electron chi connectivity index (χ4n) is 1.38. The molecule has 0 unspecified atom stereocenters. The molecule has 0 saturated heterocycles. The van der Waals surface area contributed by atoms with E-state index in [1.54, 1.807) is 12.1 Å². The summed E-state index contributed by atoms with van der Waals surface area (Å²) in [5.41, 5.74) is 6.26. The average molecular weight is 206 g/mol. The summed E-state index contributed by atoms with van der Waals surface area (Å²) in [4.78, 5) is 0. The molecule has 0 atom stereocenters. The molecule has 14 heavy (non-hydrogen) atoms. The second-order valence-corrected chi connectivity index (χ2v) is 4.06. The highest BCUT2D eigenvalue weighted by atomic mass is 32.1. The van der Waals surface area contributed by atoms with E-state index < -0.39 is 0 Å². The van der Waals surface area contributed by atoms with Crippen molar-refractivity contribution < 1.29 is 4.39 Å². The maximum atomic E-state index is 13.4. The van der Waals surface area contributed by atoms with E-state index in [1.807, 2.05) is 6.07 Å². The van der Waals surface area contributed by atoms with Gasteiger partial charge >= 0.3 is 0 Å². The Hall–Kier alpha value is -1.60. The summed E-state index contributed by atoms with van der Waals surface area (Å²) in [7, 11) is 0. The molecule has 0 saturated carbocycles. The fraction of sp³-hybridized carbons (Fsp3) is 0.100. The van der Waals surface area contributed by atoms with Gasteiger partial charge in [-0.1, -0.05) is 0 Å². The number of fused-ring (bicyclic) bond motifs is 1.